The zero-order valence-electron chi connectivity index (χ0n) is 9.61. The van der Waals surface area contributed by atoms with E-state index in [9.17, 15) is 4.39 Å². The van der Waals surface area contributed by atoms with Crippen molar-refractivity contribution < 1.29 is 9.13 Å². The summed E-state index contributed by atoms with van der Waals surface area (Å²) in [7, 11) is 0. The molecule has 0 aromatic heterocycles. The molecule has 0 spiro atoms. The highest BCUT2D eigenvalue weighted by atomic mass is 19.1. The normalized spacial score (nSPS) is 10.3. The average Bonchev–Trinajstić information content (AvgIpc) is 2.35. The molecule has 2 nitrogen and oxygen atoms in total. The van der Waals surface area contributed by atoms with Crippen molar-refractivity contribution in [3.63, 3.8) is 0 Å². The molecule has 3 heteroatoms. The van der Waals surface area contributed by atoms with Gasteiger partial charge in [-0.15, -0.1) is 0 Å². The van der Waals surface area contributed by atoms with E-state index >= 15 is 0 Å². The van der Waals surface area contributed by atoms with Gasteiger partial charge in [-0.05, 0) is 36.2 Å². The summed E-state index contributed by atoms with van der Waals surface area (Å²) in [5, 5.41) is 0. The first-order valence-electron chi connectivity index (χ1n) is 5.42. The summed E-state index contributed by atoms with van der Waals surface area (Å²) in [6.45, 7) is 2.14. The number of halogens is 1. The highest BCUT2D eigenvalue weighted by Gasteiger charge is 2.06. The van der Waals surface area contributed by atoms with Crippen LogP contribution in [0.5, 0.6) is 11.5 Å². The number of rotatable bonds is 3. The first kappa shape index (κ1) is 11.6. The molecular formula is C14H14FNO. The fraction of sp³-hybridized carbons (Fsp3) is 0.143. The van der Waals surface area contributed by atoms with Crippen LogP contribution in [0.15, 0.2) is 42.5 Å². The zero-order valence-corrected chi connectivity index (χ0v) is 9.61. The second-order valence-electron chi connectivity index (χ2n) is 3.84. The smallest absolute Gasteiger partial charge is 0.168 e. The van der Waals surface area contributed by atoms with E-state index in [1.54, 1.807) is 31.2 Å². The number of benzene rings is 2. The van der Waals surface area contributed by atoms with Gasteiger partial charge in [0.2, 0.25) is 0 Å². The minimum absolute atomic E-state index is 0.235. The van der Waals surface area contributed by atoms with Crippen molar-refractivity contribution in [2.24, 2.45) is 5.73 Å². The minimum atomic E-state index is -0.328. The SMILES string of the molecule is Cc1cccc(Oc2cccc(CN)c2)c1F. The van der Waals surface area contributed by atoms with Crippen LogP contribution in [0.4, 0.5) is 4.39 Å². The Balaban J connectivity index is 2.28. The predicted molar refractivity (Wildman–Crippen MR) is 65.5 cm³/mol. The van der Waals surface area contributed by atoms with E-state index in [0.29, 0.717) is 17.9 Å². The Hall–Kier alpha value is -1.87. The van der Waals surface area contributed by atoms with E-state index < -0.39 is 0 Å². The topological polar surface area (TPSA) is 35.2 Å². The summed E-state index contributed by atoms with van der Waals surface area (Å²) in [6, 6.07) is 12.4. The number of ether oxygens (including phenoxy) is 1. The van der Waals surface area contributed by atoms with Crippen molar-refractivity contribution in [3.8, 4) is 11.5 Å². The van der Waals surface area contributed by atoms with Crippen LogP contribution in [0.2, 0.25) is 0 Å². The Morgan fingerprint density at radius 2 is 1.94 bits per heavy atom. The maximum absolute atomic E-state index is 13.7. The lowest BCUT2D eigenvalue weighted by molar-refractivity contribution is 0.439. The van der Waals surface area contributed by atoms with E-state index in [-0.39, 0.29) is 11.6 Å². The predicted octanol–water partition coefficient (Wildman–Crippen LogP) is 3.39. The number of aryl methyl sites for hydroxylation is 1. The van der Waals surface area contributed by atoms with Crippen LogP contribution in [0.25, 0.3) is 0 Å². The Morgan fingerprint density at radius 1 is 1.18 bits per heavy atom. The van der Waals surface area contributed by atoms with E-state index in [4.69, 9.17) is 10.5 Å². The van der Waals surface area contributed by atoms with Crippen LogP contribution in [0.1, 0.15) is 11.1 Å². The molecule has 2 aromatic rings. The summed E-state index contributed by atoms with van der Waals surface area (Å²) in [6.07, 6.45) is 0. The molecule has 88 valence electrons. The number of nitrogens with two attached hydrogens (primary N) is 1. The molecule has 2 rings (SSSR count). The molecule has 17 heavy (non-hydrogen) atoms. The lowest BCUT2D eigenvalue weighted by atomic mass is 10.2. The third-order valence-corrected chi connectivity index (χ3v) is 2.52. The molecule has 0 radical (unpaired) electrons. The van der Waals surface area contributed by atoms with Crippen LogP contribution < -0.4 is 10.5 Å². The van der Waals surface area contributed by atoms with Gasteiger partial charge in [-0.3, -0.25) is 0 Å². The first-order chi connectivity index (χ1) is 8.20. The van der Waals surface area contributed by atoms with Crippen molar-refractivity contribution in [3.05, 3.63) is 59.4 Å². The molecule has 0 bridgehead atoms. The average molecular weight is 231 g/mol. The van der Waals surface area contributed by atoms with E-state index in [0.717, 1.165) is 5.56 Å². The van der Waals surface area contributed by atoms with Gasteiger partial charge < -0.3 is 10.5 Å². The molecule has 0 saturated carbocycles. The molecule has 0 aliphatic carbocycles. The molecule has 0 heterocycles. The van der Waals surface area contributed by atoms with Gasteiger partial charge in [0, 0.05) is 6.54 Å². The third-order valence-electron chi connectivity index (χ3n) is 2.52. The van der Waals surface area contributed by atoms with Gasteiger partial charge >= 0.3 is 0 Å². The molecule has 0 fully saturated rings. The molecule has 2 N–H and O–H groups in total. The van der Waals surface area contributed by atoms with Crippen molar-refractivity contribution in [1.82, 2.24) is 0 Å². The minimum Gasteiger partial charge on any atom is -0.454 e. The standard InChI is InChI=1S/C14H14FNO/c1-10-4-2-7-13(14(10)15)17-12-6-3-5-11(8-12)9-16/h2-8H,9,16H2,1H3. The Bertz CT molecular complexity index is 525. The highest BCUT2D eigenvalue weighted by Crippen LogP contribution is 2.26. The van der Waals surface area contributed by atoms with E-state index in [1.807, 2.05) is 18.2 Å². The van der Waals surface area contributed by atoms with Gasteiger partial charge in [0.1, 0.15) is 5.75 Å². The molecule has 0 saturated heterocycles. The van der Waals surface area contributed by atoms with Crippen molar-refractivity contribution in [2.45, 2.75) is 13.5 Å². The van der Waals surface area contributed by atoms with E-state index in [2.05, 4.69) is 0 Å². The Morgan fingerprint density at radius 3 is 2.71 bits per heavy atom. The zero-order chi connectivity index (χ0) is 12.3. The Labute approximate surface area is 99.8 Å². The monoisotopic (exact) mass is 231 g/mol. The van der Waals surface area contributed by atoms with Crippen LogP contribution in [0.3, 0.4) is 0 Å². The molecule has 0 aliphatic heterocycles. The first-order valence-corrected chi connectivity index (χ1v) is 5.42. The van der Waals surface area contributed by atoms with E-state index in [1.165, 1.54) is 0 Å². The van der Waals surface area contributed by atoms with Crippen LogP contribution in [0, 0.1) is 12.7 Å². The van der Waals surface area contributed by atoms with Crippen molar-refractivity contribution in [1.29, 1.82) is 0 Å². The maximum atomic E-state index is 13.7. The fourth-order valence-electron chi connectivity index (χ4n) is 1.56. The quantitative estimate of drug-likeness (QED) is 0.878. The Kier molecular flexibility index (Phi) is 3.40. The van der Waals surface area contributed by atoms with Gasteiger partial charge in [0.05, 0.1) is 0 Å². The van der Waals surface area contributed by atoms with Gasteiger partial charge in [-0.1, -0.05) is 24.3 Å². The van der Waals surface area contributed by atoms with Crippen LogP contribution in [-0.4, -0.2) is 0 Å². The lowest BCUT2D eigenvalue weighted by Gasteiger charge is -2.08. The highest BCUT2D eigenvalue weighted by molar-refractivity contribution is 5.36. The summed E-state index contributed by atoms with van der Waals surface area (Å²) in [5.41, 5.74) is 7.06. The maximum Gasteiger partial charge on any atom is 0.168 e. The summed E-state index contributed by atoms with van der Waals surface area (Å²) in [5.74, 6) is 0.502. The van der Waals surface area contributed by atoms with Gasteiger partial charge in [-0.2, -0.15) is 0 Å². The second-order valence-corrected chi connectivity index (χ2v) is 3.84. The molecule has 0 aliphatic rings. The fourth-order valence-corrected chi connectivity index (χ4v) is 1.56. The largest absolute Gasteiger partial charge is 0.454 e. The number of hydrogen-bond acceptors (Lipinski definition) is 2. The summed E-state index contributed by atoms with van der Waals surface area (Å²) >= 11 is 0. The molecule has 0 unspecified atom stereocenters. The third kappa shape index (κ3) is 2.63. The lowest BCUT2D eigenvalue weighted by Crippen LogP contribution is -1.96. The van der Waals surface area contributed by atoms with Gasteiger partial charge in [-0.25, -0.2) is 4.39 Å². The molecular weight excluding hydrogens is 217 g/mol. The van der Waals surface area contributed by atoms with Gasteiger partial charge in [0.15, 0.2) is 11.6 Å². The van der Waals surface area contributed by atoms with Crippen molar-refractivity contribution in [2.75, 3.05) is 0 Å². The van der Waals surface area contributed by atoms with Crippen LogP contribution >= 0.6 is 0 Å². The van der Waals surface area contributed by atoms with Crippen molar-refractivity contribution >= 4 is 0 Å². The number of hydrogen-bond donors (Lipinski definition) is 1. The second kappa shape index (κ2) is 4.97. The van der Waals surface area contributed by atoms with Crippen LogP contribution in [-0.2, 0) is 6.54 Å². The molecule has 0 amide bonds. The molecule has 0 atom stereocenters. The van der Waals surface area contributed by atoms with Gasteiger partial charge in [0.25, 0.3) is 0 Å². The molecule has 2 aromatic carbocycles. The summed E-state index contributed by atoms with van der Waals surface area (Å²) < 4.78 is 19.2. The summed E-state index contributed by atoms with van der Waals surface area (Å²) in [4.78, 5) is 0.